The number of ether oxygens (including phenoxy) is 1. The van der Waals surface area contributed by atoms with Gasteiger partial charge in [0, 0.05) is 24.4 Å². The van der Waals surface area contributed by atoms with Gasteiger partial charge in [0.25, 0.3) is 0 Å². The Kier molecular flexibility index (Phi) is 7.38. The highest BCUT2D eigenvalue weighted by atomic mass is 32.1. The van der Waals surface area contributed by atoms with Crippen LogP contribution >= 0.6 is 11.3 Å². The fraction of sp³-hybridized carbons (Fsp3) is 0.423. The van der Waals surface area contributed by atoms with Crippen LogP contribution < -0.4 is 4.74 Å². The number of para-hydroxylation sites is 1. The number of likely N-dealkylation sites (tertiary alicyclic amines) is 1. The zero-order valence-corrected chi connectivity index (χ0v) is 19.1. The van der Waals surface area contributed by atoms with Crippen molar-refractivity contribution in [3.05, 3.63) is 81.8 Å². The lowest BCUT2D eigenvalue weighted by molar-refractivity contribution is 0.0209. The molecule has 1 N–H and O–H groups in total. The summed E-state index contributed by atoms with van der Waals surface area (Å²) in [5.41, 5.74) is 1.59. The third-order valence-corrected chi connectivity index (χ3v) is 7.51. The third kappa shape index (κ3) is 5.94. The predicted octanol–water partition coefficient (Wildman–Crippen LogP) is 4.99. The van der Waals surface area contributed by atoms with Crippen LogP contribution in [0.25, 0.3) is 0 Å². The van der Waals surface area contributed by atoms with Crippen LogP contribution in [0.4, 0.5) is 0 Å². The maximum absolute atomic E-state index is 11.5. The normalized spacial score (nSPS) is 19.8. The Hall–Kier alpha value is -2.21. The van der Waals surface area contributed by atoms with Crippen molar-refractivity contribution in [3.8, 4) is 5.75 Å². The Morgan fingerprint density at radius 2 is 1.74 bits per heavy atom. The van der Waals surface area contributed by atoms with E-state index < -0.39 is 5.60 Å². The molecule has 1 atom stereocenters. The van der Waals surface area contributed by atoms with Gasteiger partial charge in [0.15, 0.2) is 0 Å². The number of hydrogen-bond donors (Lipinski definition) is 1. The Bertz CT molecular complexity index is 945. The highest BCUT2D eigenvalue weighted by Gasteiger charge is 2.35. The number of aromatic nitrogens is 1. The van der Waals surface area contributed by atoms with Gasteiger partial charge < -0.3 is 14.7 Å². The van der Waals surface area contributed by atoms with Crippen molar-refractivity contribution in [3.63, 3.8) is 0 Å². The van der Waals surface area contributed by atoms with E-state index in [-0.39, 0.29) is 0 Å². The first kappa shape index (κ1) is 22.0. The van der Waals surface area contributed by atoms with Gasteiger partial charge in [0.1, 0.15) is 16.4 Å². The van der Waals surface area contributed by atoms with E-state index in [1.807, 2.05) is 37.3 Å². The van der Waals surface area contributed by atoms with Crippen LogP contribution in [0.2, 0.25) is 0 Å². The highest BCUT2D eigenvalue weighted by molar-refractivity contribution is 7.11. The highest BCUT2D eigenvalue weighted by Crippen LogP contribution is 2.36. The van der Waals surface area contributed by atoms with E-state index in [1.54, 1.807) is 11.3 Å². The molecule has 4 rings (SSSR count). The summed E-state index contributed by atoms with van der Waals surface area (Å²) in [5, 5.41) is 12.3. The second kappa shape index (κ2) is 10.4. The Balaban J connectivity index is 1.32. The third-order valence-electron chi connectivity index (χ3n) is 6.10. The van der Waals surface area contributed by atoms with E-state index in [9.17, 15) is 5.11 Å². The minimum Gasteiger partial charge on any atom is -0.493 e. The molecule has 1 fully saturated rings. The molecule has 31 heavy (non-hydrogen) atoms. The standard InChI is InChI=1S/C26H32N2O2S/c1-21-24(14-20-30-23-11-6-3-7-12-23)31-25(27-21)26(29)15-8-17-28(19-16-26)18-13-22-9-4-2-5-10-22/h2-7,9-12,29H,8,13-20H2,1H3. The molecular weight excluding hydrogens is 404 g/mol. The lowest BCUT2D eigenvalue weighted by atomic mass is 9.96. The summed E-state index contributed by atoms with van der Waals surface area (Å²) >= 11 is 1.66. The molecule has 0 saturated carbocycles. The van der Waals surface area contributed by atoms with E-state index in [2.05, 4.69) is 35.2 Å². The number of aryl methyl sites for hydroxylation is 1. The number of rotatable bonds is 8. The average molecular weight is 437 g/mol. The lowest BCUT2D eigenvalue weighted by Crippen LogP contribution is -2.30. The zero-order valence-electron chi connectivity index (χ0n) is 18.3. The van der Waals surface area contributed by atoms with Crippen molar-refractivity contribution in [1.82, 2.24) is 9.88 Å². The van der Waals surface area contributed by atoms with Crippen LogP contribution in [0.5, 0.6) is 5.75 Å². The van der Waals surface area contributed by atoms with Crippen LogP contribution in [0.15, 0.2) is 60.7 Å². The van der Waals surface area contributed by atoms with Crippen LogP contribution in [0.1, 0.15) is 40.4 Å². The molecule has 2 aromatic carbocycles. The van der Waals surface area contributed by atoms with E-state index >= 15 is 0 Å². The number of thiazole rings is 1. The van der Waals surface area contributed by atoms with E-state index in [0.717, 1.165) is 68.2 Å². The predicted molar refractivity (Wildman–Crippen MR) is 127 cm³/mol. The molecule has 0 spiro atoms. The summed E-state index contributed by atoms with van der Waals surface area (Å²) in [5.74, 6) is 0.892. The smallest absolute Gasteiger partial charge is 0.125 e. The van der Waals surface area contributed by atoms with Crippen molar-refractivity contribution in [1.29, 1.82) is 0 Å². The molecule has 4 nitrogen and oxygen atoms in total. The van der Waals surface area contributed by atoms with Crippen molar-refractivity contribution in [2.45, 2.75) is 44.6 Å². The van der Waals surface area contributed by atoms with Crippen LogP contribution in [0, 0.1) is 6.92 Å². The van der Waals surface area contributed by atoms with E-state index in [0.29, 0.717) is 6.61 Å². The summed E-state index contributed by atoms with van der Waals surface area (Å²) in [6.07, 6.45) is 4.39. The molecule has 2 heterocycles. The summed E-state index contributed by atoms with van der Waals surface area (Å²) in [6.45, 7) is 5.66. The van der Waals surface area contributed by atoms with Crippen molar-refractivity contribution in [2.75, 3.05) is 26.2 Å². The second-order valence-electron chi connectivity index (χ2n) is 8.40. The maximum Gasteiger partial charge on any atom is 0.125 e. The van der Waals surface area contributed by atoms with Crippen LogP contribution in [0.3, 0.4) is 0 Å². The average Bonchev–Trinajstić information content (AvgIpc) is 3.06. The van der Waals surface area contributed by atoms with Gasteiger partial charge in [-0.15, -0.1) is 11.3 Å². The number of hydrogen-bond acceptors (Lipinski definition) is 5. The van der Waals surface area contributed by atoms with Gasteiger partial charge in [0.05, 0.1) is 12.3 Å². The molecule has 0 radical (unpaired) electrons. The Labute approximate surface area is 189 Å². The molecule has 0 amide bonds. The van der Waals surface area contributed by atoms with Gasteiger partial charge >= 0.3 is 0 Å². The summed E-state index contributed by atoms with van der Waals surface area (Å²) < 4.78 is 5.85. The molecular formula is C26H32N2O2S. The first-order chi connectivity index (χ1) is 15.1. The van der Waals surface area contributed by atoms with Crippen LogP contribution in [-0.2, 0) is 18.4 Å². The lowest BCUT2D eigenvalue weighted by Gasteiger charge is -2.24. The van der Waals surface area contributed by atoms with E-state index in [1.165, 1.54) is 10.4 Å². The maximum atomic E-state index is 11.5. The summed E-state index contributed by atoms with van der Waals surface area (Å²) in [6, 6.07) is 20.5. The zero-order chi connectivity index (χ0) is 21.5. The minimum atomic E-state index is -0.810. The molecule has 164 valence electrons. The Morgan fingerprint density at radius 3 is 2.52 bits per heavy atom. The molecule has 5 heteroatoms. The molecule has 1 unspecified atom stereocenters. The fourth-order valence-corrected chi connectivity index (χ4v) is 5.37. The topological polar surface area (TPSA) is 45.6 Å². The molecule has 1 aromatic heterocycles. The fourth-order valence-electron chi connectivity index (χ4n) is 4.18. The largest absolute Gasteiger partial charge is 0.493 e. The SMILES string of the molecule is Cc1nc(C2(O)CCCN(CCc3ccccc3)CC2)sc1CCOc1ccccc1. The van der Waals surface area contributed by atoms with Gasteiger partial charge in [-0.25, -0.2) is 4.98 Å². The monoisotopic (exact) mass is 436 g/mol. The molecule has 0 bridgehead atoms. The molecule has 1 saturated heterocycles. The number of benzene rings is 2. The molecule has 0 aliphatic carbocycles. The van der Waals surface area contributed by atoms with Crippen molar-refractivity contribution in [2.24, 2.45) is 0 Å². The summed E-state index contributed by atoms with van der Waals surface area (Å²) in [7, 11) is 0. The van der Waals surface area contributed by atoms with E-state index in [4.69, 9.17) is 9.72 Å². The second-order valence-corrected chi connectivity index (χ2v) is 9.49. The first-order valence-corrected chi connectivity index (χ1v) is 12.1. The molecule has 1 aliphatic heterocycles. The van der Waals surface area contributed by atoms with Crippen molar-refractivity contribution < 1.29 is 9.84 Å². The quantitative estimate of drug-likeness (QED) is 0.540. The number of aliphatic hydroxyl groups is 1. The number of nitrogens with zero attached hydrogens (tertiary/aromatic N) is 2. The van der Waals surface area contributed by atoms with Gasteiger partial charge in [-0.2, -0.15) is 0 Å². The Morgan fingerprint density at radius 1 is 1.00 bits per heavy atom. The van der Waals surface area contributed by atoms with Gasteiger partial charge in [-0.1, -0.05) is 48.5 Å². The van der Waals surface area contributed by atoms with Gasteiger partial charge in [-0.3, -0.25) is 0 Å². The molecule has 3 aromatic rings. The minimum absolute atomic E-state index is 0.623. The first-order valence-electron chi connectivity index (χ1n) is 11.3. The molecule has 1 aliphatic rings. The summed E-state index contributed by atoms with van der Waals surface area (Å²) in [4.78, 5) is 8.49. The van der Waals surface area contributed by atoms with Crippen LogP contribution in [-0.4, -0.2) is 41.2 Å². The van der Waals surface area contributed by atoms with Crippen molar-refractivity contribution >= 4 is 11.3 Å². The van der Waals surface area contributed by atoms with Gasteiger partial charge in [0.2, 0.25) is 0 Å². The van der Waals surface area contributed by atoms with Gasteiger partial charge in [-0.05, 0) is 56.8 Å².